The number of carbonyl (C=O) groups is 1. The zero-order valence-corrected chi connectivity index (χ0v) is 24.6. The van der Waals surface area contributed by atoms with Gasteiger partial charge >= 0.3 is 0 Å². The number of Topliss-reactive ketones (excluding diaryl/α,β-unsaturated/α-hetero) is 1. The van der Waals surface area contributed by atoms with Gasteiger partial charge in [0.15, 0.2) is 0 Å². The third-order valence-corrected chi connectivity index (χ3v) is 10.3. The maximum absolute atomic E-state index is 13.2. The maximum atomic E-state index is 13.2. The monoisotopic (exact) mass is 561 g/mol. The fourth-order valence-corrected chi connectivity index (χ4v) is 7.64. The van der Waals surface area contributed by atoms with E-state index in [1.165, 1.54) is 22.7 Å². The number of hydrogen-bond donors (Lipinski definition) is 0. The van der Waals surface area contributed by atoms with Gasteiger partial charge in [0.1, 0.15) is 11.5 Å². The summed E-state index contributed by atoms with van der Waals surface area (Å²) in [5.74, 6) is 0.965. The molecule has 4 rings (SSSR count). The third-order valence-electron chi connectivity index (χ3n) is 7.80. The van der Waals surface area contributed by atoms with Crippen molar-refractivity contribution in [1.82, 2.24) is 9.21 Å². The summed E-state index contributed by atoms with van der Waals surface area (Å²) in [4.78, 5) is 17.8. The first-order chi connectivity index (χ1) is 18.1. The summed E-state index contributed by atoms with van der Waals surface area (Å²) in [5.41, 5.74) is 3.54. The number of benzene rings is 2. The van der Waals surface area contributed by atoms with E-state index in [9.17, 15) is 13.2 Å². The standard InChI is InChI=1S/C29H40ClN3O4S/c1-21-15-26(37-4)16-22(2)29(21)38(35,36)31(3)13-10-25(34)17-24-9-14-33(20-24)28-8-7-23(18-27(28)30)19-32-11-5-6-12-32/h7-8,15-16,18,24H,5-6,9-14,17,19-20H2,1-4H3. The molecule has 7 nitrogen and oxygen atoms in total. The molecule has 2 aromatic rings. The van der Waals surface area contributed by atoms with E-state index in [-0.39, 0.29) is 29.6 Å². The minimum atomic E-state index is -3.71. The van der Waals surface area contributed by atoms with Crippen molar-refractivity contribution in [3.05, 3.63) is 52.0 Å². The number of sulfonamides is 1. The summed E-state index contributed by atoms with van der Waals surface area (Å²) in [6.07, 6.45) is 4.12. The molecule has 2 aliphatic heterocycles. The number of ether oxygens (including phenoxy) is 1. The second kappa shape index (κ2) is 12.4. The summed E-state index contributed by atoms with van der Waals surface area (Å²) in [5, 5.41) is 0.768. The Balaban J connectivity index is 1.29. The second-order valence-corrected chi connectivity index (χ2v) is 13.2. The van der Waals surface area contributed by atoms with Gasteiger partial charge in [-0.25, -0.2) is 12.7 Å². The van der Waals surface area contributed by atoms with Gasteiger partial charge in [0.05, 0.1) is 22.7 Å². The van der Waals surface area contributed by atoms with Crippen molar-refractivity contribution >= 4 is 33.1 Å². The highest BCUT2D eigenvalue weighted by Gasteiger charge is 2.28. The Hall–Kier alpha value is -2.13. The van der Waals surface area contributed by atoms with Crippen LogP contribution in [0.15, 0.2) is 35.2 Å². The third kappa shape index (κ3) is 6.71. The van der Waals surface area contributed by atoms with E-state index in [1.807, 2.05) is 0 Å². The molecule has 0 amide bonds. The Morgan fingerprint density at radius 3 is 2.42 bits per heavy atom. The van der Waals surface area contributed by atoms with E-state index in [0.29, 0.717) is 23.3 Å². The number of carbonyl (C=O) groups excluding carboxylic acids is 1. The number of likely N-dealkylation sites (tertiary alicyclic amines) is 1. The molecule has 1 unspecified atom stereocenters. The molecule has 0 aliphatic carbocycles. The topological polar surface area (TPSA) is 70.2 Å². The fourth-order valence-electron chi connectivity index (χ4n) is 5.74. The first-order valence-electron chi connectivity index (χ1n) is 13.5. The molecular weight excluding hydrogens is 522 g/mol. The lowest BCUT2D eigenvalue weighted by atomic mass is 10.0. The minimum Gasteiger partial charge on any atom is -0.497 e. The van der Waals surface area contributed by atoms with Crippen molar-refractivity contribution < 1.29 is 17.9 Å². The molecule has 0 radical (unpaired) electrons. The number of nitrogens with zero attached hydrogens (tertiary/aromatic N) is 3. The van der Waals surface area contributed by atoms with Crippen LogP contribution in [0.25, 0.3) is 0 Å². The molecule has 0 N–H and O–H groups in total. The van der Waals surface area contributed by atoms with E-state index < -0.39 is 10.0 Å². The van der Waals surface area contributed by atoms with Gasteiger partial charge in [0, 0.05) is 46.1 Å². The smallest absolute Gasteiger partial charge is 0.243 e. The maximum Gasteiger partial charge on any atom is 0.243 e. The molecular formula is C29H40ClN3O4S. The average Bonchev–Trinajstić information content (AvgIpc) is 3.54. The Bertz CT molecular complexity index is 1240. The largest absolute Gasteiger partial charge is 0.497 e. The average molecular weight is 562 g/mol. The zero-order chi connectivity index (χ0) is 27.4. The van der Waals surface area contributed by atoms with Crippen molar-refractivity contribution in [3.8, 4) is 5.75 Å². The molecule has 38 heavy (non-hydrogen) atoms. The Morgan fingerprint density at radius 1 is 1.11 bits per heavy atom. The van der Waals surface area contributed by atoms with Crippen molar-refractivity contribution in [3.63, 3.8) is 0 Å². The van der Waals surface area contributed by atoms with E-state index in [2.05, 4.69) is 28.0 Å². The van der Waals surface area contributed by atoms with Gasteiger partial charge in [-0.05, 0) is 93.1 Å². The number of hydrogen-bond acceptors (Lipinski definition) is 6. The van der Waals surface area contributed by atoms with Crippen LogP contribution in [-0.2, 0) is 21.4 Å². The lowest BCUT2D eigenvalue weighted by Crippen LogP contribution is -2.30. The summed E-state index contributed by atoms with van der Waals surface area (Å²) < 4.78 is 33.0. The van der Waals surface area contributed by atoms with Crippen LogP contribution in [0.4, 0.5) is 5.69 Å². The van der Waals surface area contributed by atoms with Gasteiger partial charge in [-0.15, -0.1) is 0 Å². The van der Waals surface area contributed by atoms with Crippen molar-refractivity contribution in [2.24, 2.45) is 5.92 Å². The lowest BCUT2D eigenvalue weighted by molar-refractivity contribution is -0.119. The SMILES string of the molecule is COc1cc(C)c(S(=O)(=O)N(C)CCC(=O)CC2CCN(c3ccc(CN4CCCC4)cc3Cl)C2)c(C)c1. The van der Waals surface area contributed by atoms with Crippen molar-refractivity contribution in [2.75, 3.05) is 51.8 Å². The molecule has 2 saturated heterocycles. The molecule has 9 heteroatoms. The minimum absolute atomic E-state index is 0.0918. The van der Waals surface area contributed by atoms with E-state index in [1.54, 1.807) is 40.1 Å². The van der Waals surface area contributed by atoms with Gasteiger partial charge in [-0.1, -0.05) is 17.7 Å². The van der Waals surface area contributed by atoms with E-state index >= 15 is 0 Å². The quantitative estimate of drug-likeness (QED) is 0.382. The molecule has 1 atom stereocenters. The predicted octanol–water partition coefficient (Wildman–Crippen LogP) is 5.06. The fraction of sp³-hybridized carbons (Fsp3) is 0.552. The Kier molecular flexibility index (Phi) is 9.40. The molecule has 0 spiro atoms. The molecule has 2 aliphatic rings. The molecule has 0 bridgehead atoms. The molecule has 2 heterocycles. The number of rotatable bonds is 11. The van der Waals surface area contributed by atoms with Crippen LogP contribution in [0.5, 0.6) is 5.75 Å². The summed E-state index contributed by atoms with van der Waals surface area (Å²) in [6, 6.07) is 9.80. The summed E-state index contributed by atoms with van der Waals surface area (Å²) >= 11 is 6.67. The van der Waals surface area contributed by atoms with E-state index in [0.717, 1.165) is 49.9 Å². The first kappa shape index (κ1) is 28.9. The molecule has 2 fully saturated rings. The summed E-state index contributed by atoms with van der Waals surface area (Å²) in [7, 11) is -0.610. The van der Waals surface area contributed by atoms with Crippen LogP contribution in [0.3, 0.4) is 0 Å². The molecule has 208 valence electrons. The van der Waals surface area contributed by atoms with Gasteiger partial charge in [0.25, 0.3) is 0 Å². The van der Waals surface area contributed by atoms with Gasteiger partial charge in [-0.3, -0.25) is 9.69 Å². The van der Waals surface area contributed by atoms with E-state index in [4.69, 9.17) is 16.3 Å². The normalized spacial score (nSPS) is 18.5. The van der Waals surface area contributed by atoms with Crippen LogP contribution in [-0.4, -0.2) is 70.3 Å². The van der Waals surface area contributed by atoms with Crippen molar-refractivity contribution in [1.29, 1.82) is 0 Å². The Labute approximate surface area is 232 Å². The van der Waals surface area contributed by atoms with Crippen LogP contribution < -0.4 is 9.64 Å². The number of methoxy groups -OCH3 is 1. The zero-order valence-electron chi connectivity index (χ0n) is 23.0. The Morgan fingerprint density at radius 2 is 1.79 bits per heavy atom. The van der Waals surface area contributed by atoms with Gasteiger partial charge in [-0.2, -0.15) is 0 Å². The van der Waals surface area contributed by atoms with Crippen LogP contribution >= 0.6 is 11.6 Å². The molecule has 0 saturated carbocycles. The number of halogens is 1. The predicted molar refractivity (Wildman–Crippen MR) is 153 cm³/mol. The number of anilines is 1. The second-order valence-electron chi connectivity index (χ2n) is 10.8. The van der Waals surface area contributed by atoms with Crippen LogP contribution in [0.1, 0.15) is 48.8 Å². The van der Waals surface area contributed by atoms with Gasteiger partial charge in [0.2, 0.25) is 10.0 Å². The van der Waals surface area contributed by atoms with Crippen LogP contribution in [0, 0.1) is 19.8 Å². The van der Waals surface area contributed by atoms with Crippen molar-refractivity contribution in [2.45, 2.75) is 57.4 Å². The van der Waals surface area contributed by atoms with Crippen LogP contribution in [0.2, 0.25) is 5.02 Å². The summed E-state index contributed by atoms with van der Waals surface area (Å²) in [6.45, 7) is 8.60. The highest BCUT2D eigenvalue weighted by molar-refractivity contribution is 7.89. The molecule has 2 aromatic carbocycles. The molecule has 0 aromatic heterocycles. The first-order valence-corrected chi connectivity index (χ1v) is 15.3. The number of ketones is 1. The van der Waals surface area contributed by atoms with Gasteiger partial charge < -0.3 is 9.64 Å². The number of aryl methyl sites for hydroxylation is 2. The highest BCUT2D eigenvalue weighted by Crippen LogP contribution is 2.33. The lowest BCUT2D eigenvalue weighted by Gasteiger charge is -2.22. The highest BCUT2D eigenvalue weighted by atomic mass is 35.5.